The second kappa shape index (κ2) is 11.5. The van der Waals surface area contributed by atoms with Gasteiger partial charge in [0.2, 0.25) is 0 Å². The number of methoxy groups -OCH3 is 1. The lowest BCUT2D eigenvalue weighted by Crippen LogP contribution is -2.42. The van der Waals surface area contributed by atoms with E-state index in [0.717, 1.165) is 18.9 Å². The van der Waals surface area contributed by atoms with E-state index < -0.39 is 0 Å². The van der Waals surface area contributed by atoms with Crippen molar-refractivity contribution < 1.29 is 4.74 Å². The van der Waals surface area contributed by atoms with Crippen LogP contribution >= 0.6 is 35.3 Å². The highest BCUT2D eigenvalue weighted by atomic mass is 127. The summed E-state index contributed by atoms with van der Waals surface area (Å²) in [5, 5.41) is 6.83. The molecular weight excluding hydrogens is 445 g/mol. The third-order valence-electron chi connectivity index (χ3n) is 3.67. The summed E-state index contributed by atoms with van der Waals surface area (Å²) in [5.74, 6) is 0.827. The number of benzene rings is 1. The number of aliphatic imine (C=N–C) groups is 1. The fraction of sp³-hybridized carbons (Fsp3) is 0.421. The summed E-state index contributed by atoms with van der Waals surface area (Å²) < 4.78 is 5.19. The number of guanidine groups is 1. The minimum Gasteiger partial charge on any atom is -0.380 e. The van der Waals surface area contributed by atoms with E-state index >= 15 is 0 Å². The Morgan fingerprint density at radius 2 is 2.00 bits per heavy atom. The Hall–Kier alpha value is -1.12. The number of hydrogen-bond donors (Lipinski definition) is 2. The molecule has 0 fully saturated rings. The smallest absolute Gasteiger partial charge is 0.191 e. The summed E-state index contributed by atoms with van der Waals surface area (Å²) in [7, 11) is 3.52. The van der Waals surface area contributed by atoms with E-state index in [9.17, 15) is 0 Å². The number of aryl methyl sites for hydroxylation is 1. The molecule has 0 amide bonds. The van der Waals surface area contributed by atoms with Crippen LogP contribution in [0.25, 0.3) is 0 Å². The van der Waals surface area contributed by atoms with Gasteiger partial charge < -0.3 is 15.4 Å². The zero-order valence-corrected chi connectivity index (χ0v) is 18.5. The van der Waals surface area contributed by atoms with Crippen LogP contribution in [0.3, 0.4) is 0 Å². The van der Waals surface area contributed by atoms with Crippen LogP contribution in [0.1, 0.15) is 27.8 Å². The van der Waals surface area contributed by atoms with Crippen LogP contribution in [0, 0.1) is 6.92 Å². The molecule has 0 spiro atoms. The van der Waals surface area contributed by atoms with Crippen molar-refractivity contribution in [1.82, 2.24) is 10.6 Å². The average Bonchev–Trinajstić information content (AvgIpc) is 2.97. The Balaban J connectivity index is 0.00000312. The van der Waals surface area contributed by atoms with Crippen molar-refractivity contribution >= 4 is 41.3 Å². The van der Waals surface area contributed by atoms with E-state index in [4.69, 9.17) is 4.74 Å². The van der Waals surface area contributed by atoms with Crippen LogP contribution in [-0.2, 0) is 24.3 Å². The number of halogens is 1. The van der Waals surface area contributed by atoms with Crippen molar-refractivity contribution in [3.05, 3.63) is 57.3 Å². The SMILES string of the molecule is CN=C(NCc1cccc(COC)c1)NC(C)Cc1ccc(C)s1.I. The summed E-state index contributed by atoms with van der Waals surface area (Å²) in [6.07, 6.45) is 1.00. The van der Waals surface area contributed by atoms with Gasteiger partial charge in [0.1, 0.15) is 0 Å². The molecule has 2 N–H and O–H groups in total. The van der Waals surface area contributed by atoms with Crippen LogP contribution < -0.4 is 10.6 Å². The van der Waals surface area contributed by atoms with Crippen LogP contribution in [0.15, 0.2) is 41.4 Å². The molecule has 2 aromatic rings. The summed E-state index contributed by atoms with van der Waals surface area (Å²) in [6.45, 7) is 5.70. The number of nitrogens with zero attached hydrogens (tertiary/aromatic N) is 1. The maximum Gasteiger partial charge on any atom is 0.191 e. The fourth-order valence-electron chi connectivity index (χ4n) is 2.56. The van der Waals surface area contributed by atoms with Gasteiger partial charge in [-0.05, 0) is 37.1 Å². The zero-order valence-electron chi connectivity index (χ0n) is 15.3. The van der Waals surface area contributed by atoms with Crippen molar-refractivity contribution in [1.29, 1.82) is 0 Å². The lowest BCUT2D eigenvalue weighted by atomic mass is 10.1. The van der Waals surface area contributed by atoms with E-state index in [-0.39, 0.29) is 24.0 Å². The van der Waals surface area contributed by atoms with Crippen LogP contribution in [0.4, 0.5) is 0 Å². The molecule has 1 unspecified atom stereocenters. The molecule has 0 saturated heterocycles. The minimum absolute atomic E-state index is 0. The number of hydrogen-bond acceptors (Lipinski definition) is 3. The molecule has 0 bridgehead atoms. The van der Waals surface area contributed by atoms with Gasteiger partial charge in [0.15, 0.2) is 5.96 Å². The Kier molecular flexibility index (Phi) is 10.1. The van der Waals surface area contributed by atoms with E-state index in [1.165, 1.54) is 20.9 Å². The molecule has 0 aliphatic rings. The highest BCUT2D eigenvalue weighted by Gasteiger charge is 2.08. The molecule has 25 heavy (non-hydrogen) atoms. The molecule has 1 aromatic carbocycles. The van der Waals surface area contributed by atoms with Crippen molar-refractivity contribution in [2.24, 2.45) is 4.99 Å². The molecule has 1 aromatic heterocycles. The summed E-state index contributed by atoms with van der Waals surface area (Å²) >= 11 is 1.86. The first-order valence-corrected chi connectivity index (χ1v) is 9.01. The minimum atomic E-state index is 0. The third kappa shape index (κ3) is 7.75. The molecule has 1 atom stereocenters. The molecular formula is C19H28IN3OS. The second-order valence-corrected chi connectivity index (χ2v) is 7.31. The standard InChI is InChI=1S/C19H27N3OS.HI/c1-14(10-18-9-8-15(2)24-18)22-19(20-3)21-12-16-6-5-7-17(11-16)13-23-4;/h5-9,11,14H,10,12-13H2,1-4H3,(H2,20,21,22);1H. The number of rotatable bonds is 7. The van der Waals surface area contributed by atoms with Crippen LogP contribution in [0.5, 0.6) is 0 Å². The predicted molar refractivity (Wildman–Crippen MR) is 118 cm³/mol. The highest BCUT2D eigenvalue weighted by molar-refractivity contribution is 14.0. The molecule has 1 heterocycles. The lowest BCUT2D eigenvalue weighted by Gasteiger charge is -2.17. The molecule has 6 heteroatoms. The Morgan fingerprint density at radius 1 is 1.24 bits per heavy atom. The van der Waals surface area contributed by atoms with Gasteiger partial charge in [-0.15, -0.1) is 35.3 Å². The van der Waals surface area contributed by atoms with Gasteiger partial charge >= 0.3 is 0 Å². The number of ether oxygens (including phenoxy) is 1. The Labute approximate surface area is 172 Å². The topological polar surface area (TPSA) is 45.7 Å². The average molecular weight is 473 g/mol. The van der Waals surface area contributed by atoms with Gasteiger partial charge in [0, 0.05) is 42.9 Å². The van der Waals surface area contributed by atoms with E-state index in [1.54, 1.807) is 14.2 Å². The fourth-order valence-corrected chi connectivity index (χ4v) is 3.58. The number of nitrogens with one attached hydrogen (secondary N) is 2. The van der Waals surface area contributed by atoms with E-state index in [2.05, 4.69) is 65.9 Å². The first-order chi connectivity index (χ1) is 11.6. The molecule has 138 valence electrons. The molecule has 0 aliphatic heterocycles. The summed E-state index contributed by atoms with van der Waals surface area (Å²) in [5.41, 5.74) is 2.40. The number of thiophene rings is 1. The van der Waals surface area contributed by atoms with Crippen molar-refractivity contribution in [2.45, 2.75) is 39.5 Å². The summed E-state index contributed by atoms with van der Waals surface area (Å²) in [4.78, 5) is 7.08. The van der Waals surface area contributed by atoms with Crippen LogP contribution in [-0.4, -0.2) is 26.2 Å². The quantitative estimate of drug-likeness (QED) is 0.362. The zero-order chi connectivity index (χ0) is 17.4. The van der Waals surface area contributed by atoms with Crippen molar-refractivity contribution in [3.63, 3.8) is 0 Å². The molecule has 2 rings (SSSR count). The summed E-state index contributed by atoms with van der Waals surface area (Å²) in [6, 6.07) is 13.1. The monoisotopic (exact) mass is 473 g/mol. The predicted octanol–water partition coefficient (Wildman–Crippen LogP) is 4.12. The van der Waals surface area contributed by atoms with Gasteiger partial charge in [0.05, 0.1) is 6.61 Å². The van der Waals surface area contributed by atoms with Gasteiger partial charge in [0.25, 0.3) is 0 Å². The van der Waals surface area contributed by atoms with E-state index in [0.29, 0.717) is 12.6 Å². The van der Waals surface area contributed by atoms with Crippen molar-refractivity contribution in [3.8, 4) is 0 Å². The van der Waals surface area contributed by atoms with Crippen molar-refractivity contribution in [2.75, 3.05) is 14.2 Å². The van der Waals surface area contributed by atoms with Gasteiger partial charge in [-0.25, -0.2) is 0 Å². The normalized spacial score (nSPS) is 12.4. The van der Waals surface area contributed by atoms with Gasteiger partial charge in [-0.1, -0.05) is 24.3 Å². The Morgan fingerprint density at radius 3 is 2.64 bits per heavy atom. The first kappa shape index (κ1) is 21.9. The molecule has 0 radical (unpaired) electrons. The maximum atomic E-state index is 5.19. The molecule has 0 saturated carbocycles. The highest BCUT2D eigenvalue weighted by Crippen LogP contribution is 2.16. The van der Waals surface area contributed by atoms with Gasteiger partial charge in [-0.2, -0.15) is 0 Å². The lowest BCUT2D eigenvalue weighted by molar-refractivity contribution is 0.185. The first-order valence-electron chi connectivity index (χ1n) is 8.20. The second-order valence-electron chi connectivity index (χ2n) is 5.94. The largest absolute Gasteiger partial charge is 0.380 e. The van der Waals surface area contributed by atoms with Gasteiger partial charge in [-0.3, -0.25) is 4.99 Å². The molecule has 4 nitrogen and oxygen atoms in total. The Bertz CT molecular complexity index is 672. The van der Waals surface area contributed by atoms with E-state index in [1.807, 2.05) is 11.3 Å². The molecule has 0 aliphatic carbocycles. The third-order valence-corrected chi connectivity index (χ3v) is 4.70. The van der Waals surface area contributed by atoms with Crippen LogP contribution in [0.2, 0.25) is 0 Å². The maximum absolute atomic E-state index is 5.19.